The van der Waals surface area contributed by atoms with E-state index in [-0.39, 0.29) is 0 Å². The second-order valence-electron chi connectivity index (χ2n) is 3.74. The molecular formula is C10H10BrClF2. The average molecular weight is 284 g/mol. The summed E-state index contributed by atoms with van der Waals surface area (Å²) in [7, 11) is 0. The summed E-state index contributed by atoms with van der Waals surface area (Å²) in [6, 6.07) is 2.61. The third-order valence-electron chi connectivity index (χ3n) is 2.10. The Morgan fingerprint density at radius 2 is 1.93 bits per heavy atom. The Kier molecular flexibility index (Phi) is 3.53. The molecule has 0 amide bonds. The SMILES string of the molecule is CC(C)(CBr)c1ccc(F)c(Cl)c1F. The first-order valence-corrected chi connectivity index (χ1v) is 5.60. The third-order valence-corrected chi connectivity index (χ3v) is 3.85. The van der Waals surface area contributed by atoms with Crippen LogP contribution in [0, 0.1) is 11.6 Å². The molecule has 0 nitrogen and oxygen atoms in total. The van der Waals surface area contributed by atoms with Crippen LogP contribution in [0.2, 0.25) is 5.02 Å². The molecular weight excluding hydrogens is 273 g/mol. The van der Waals surface area contributed by atoms with Crippen LogP contribution >= 0.6 is 27.5 Å². The van der Waals surface area contributed by atoms with E-state index in [2.05, 4.69) is 15.9 Å². The maximum Gasteiger partial charge on any atom is 0.148 e. The monoisotopic (exact) mass is 282 g/mol. The van der Waals surface area contributed by atoms with Crippen molar-refractivity contribution in [2.75, 3.05) is 5.33 Å². The number of hydrogen-bond acceptors (Lipinski definition) is 0. The lowest BCUT2D eigenvalue weighted by atomic mass is 9.86. The molecule has 0 N–H and O–H groups in total. The van der Waals surface area contributed by atoms with Crippen molar-refractivity contribution in [1.82, 2.24) is 0 Å². The van der Waals surface area contributed by atoms with E-state index in [1.807, 2.05) is 13.8 Å². The van der Waals surface area contributed by atoms with Gasteiger partial charge < -0.3 is 0 Å². The number of alkyl halides is 1. The van der Waals surface area contributed by atoms with E-state index in [1.54, 1.807) is 0 Å². The molecule has 0 aliphatic rings. The highest BCUT2D eigenvalue weighted by Gasteiger charge is 2.25. The normalized spacial score (nSPS) is 11.9. The number of hydrogen-bond donors (Lipinski definition) is 0. The summed E-state index contributed by atoms with van der Waals surface area (Å²) >= 11 is 8.76. The van der Waals surface area contributed by atoms with Gasteiger partial charge in [0.1, 0.15) is 16.7 Å². The summed E-state index contributed by atoms with van der Waals surface area (Å²) in [5.41, 5.74) is 0.0160. The average Bonchev–Trinajstić information content (AvgIpc) is 2.14. The highest BCUT2D eigenvalue weighted by atomic mass is 79.9. The van der Waals surface area contributed by atoms with Crippen LogP contribution in [0.3, 0.4) is 0 Å². The minimum absolute atomic E-state index is 0.401. The summed E-state index contributed by atoms with van der Waals surface area (Å²) < 4.78 is 26.4. The number of benzene rings is 1. The number of halogens is 4. The van der Waals surface area contributed by atoms with Crippen molar-refractivity contribution in [1.29, 1.82) is 0 Å². The Morgan fingerprint density at radius 1 is 1.36 bits per heavy atom. The molecule has 0 atom stereocenters. The molecule has 0 radical (unpaired) electrons. The van der Waals surface area contributed by atoms with Crippen LogP contribution in [-0.2, 0) is 5.41 Å². The molecule has 0 aliphatic carbocycles. The van der Waals surface area contributed by atoms with E-state index >= 15 is 0 Å². The zero-order valence-corrected chi connectivity index (χ0v) is 10.2. The van der Waals surface area contributed by atoms with Crippen LogP contribution in [0.4, 0.5) is 8.78 Å². The zero-order chi connectivity index (χ0) is 10.9. The smallest absolute Gasteiger partial charge is 0.148 e. The first-order valence-electron chi connectivity index (χ1n) is 4.10. The van der Waals surface area contributed by atoms with Crippen LogP contribution in [0.25, 0.3) is 0 Å². The highest BCUT2D eigenvalue weighted by molar-refractivity contribution is 9.09. The molecule has 1 aromatic carbocycles. The second-order valence-corrected chi connectivity index (χ2v) is 4.68. The van der Waals surface area contributed by atoms with Gasteiger partial charge in [0.15, 0.2) is 0 Å². The Hall–Kier alpha value is -0.150. The molecule has 0 bridgehead atoms. The predicted octanol–water partition coefficient (Wildman–Crippen LogP) is 4.29. The molecule has 0 unspecified atom stereocenters. The van der Waals surface area contributed by atoms with Gasteiger partial charge >= 0.3 is 0 Å². The van der Waals surface area contributed by atoms with Crippen molar-refractivity contribution in [3.63, 3.8) is 0 Å². The molecule has 0 saturated heterocycles. The molecule has 1 rings (SSSR count). The maximum absolute atomic E-state index is 13.6. The highest BCUT2D eigenvalue weighted by Crippen LogP contribution is 2.32. The molecule has 4 heteroatoms. The first kappa shape index (κ1) is 11.9. The van der Waals surface area contributed by atoms with E-state index in [4.69, 9.17) is 11.6 Å². The molecule has 78 valence electrons. The zero-order valence-electron chi connectivity index (χ0n) is 7.87. The Bertz CT molecular complexity index is 350. The lowest BCUT2D eigenvalue weighted by Crippen LogP contribution is -2.21. The Labute approximate surface area is 95.4 Å². The maximum atomic E-state index is 13.6. The molecule has 0 aliphatic heterocycles. The molecule has 1 aromatic rings. The summed E-state index contributed by atoms with van der Waals surface area (Å²) in [4.78, 5) is 0. The van der Waals surface area contributed by atoms with Gasteiger partial charge in [-0.2, -0.15) is 0 Å². The minimum atomic E-state index is -0.724. The summed E-state index contributed by atoms with van der Waals surface area (Å²) in [5, 5.41) is 0.148. The minimum Gasteiger partial charge on any atom is -0.205 e. The van der Waals surface area contributed by atoms with Gasteiger partial charge in [0.05, 0.1) is 0 Å². The van der Waals surface area contributed by atoms with E-state index in [9.17, 15) is 8.78 Å². The van der Waals surface area contributed by atoms with Crippen LogP contribution in [0.15, 0.2) is 12.1 Å². The predicted molar refractivity (Wildman–Crippen MR) is 58.2 cm³/mol. The van der Waals surface area contributed by atoms with E-state index in [0.717, 1.165) is 0 Å². The lowest BCUT2D eigenvalue weighted by molar-refractivity contribution is 0.519. The van der Waals surface area contributed by atoms with E-state index in [0.29, 0.717) is 10.9 Å². The molecule has 0 fully saturated rings. The Morgan fingerprint density at radius 3 is 2.43 bits per heavy atom. The summed E-state index contributed by atoms with van der Waals surface area (Å²) in [6.45, 7) is 3.71. The third kappa shape index (κ3) is 2.09. The number of rotatable bonds is 2. The molecule has 0 aromatic heterocycles. The lowest BCUT2D eigenvalue weighted by Gasteiger charge is -2.23. The fourth-order valence-corrected chi connectivity index (χ4v) is 1.59. The molecule has 0 heterocycles. The van der Waals surface area contributed by atoms with Crippen LogP contribution in [0.1, 0.15) is 19.4 Å². The summed E-state index contributed by atoms with van der Waals surface area (Å²) in [6.07, 6.45) is 0. The van der Waals surface area contributed by atoms with Gasteiger partial charge in [-0.05, 0) is 11.6 Å². The van der Waals surface area contributed by atoms with Crippen molar-refractivity contribution in [3.05, 3.63) is 34.4 Å². The van der Waals surface area contributed by atoms with Crippen molar-refractivity contribution in [3.8, 4) is 0 Å². The standard InChI is InChI=1S/C10H10BrClF2/c1-10(2,5-11)6-3-4-7(13)8(12)9(6)14/h3-4H,5H2,1-2H3. The molecule has 0 saturated carbocycles. The largest absolute Gasteiger partial charge is 0.205 e. The van der Waals surface area contributed by atoms with Crippen LogP contribution in [0.5, 0.6) is 0 Å². The molecule has 14 heavy (non-hydrogen) atoms. The van der Waals surface area contributed by atoms with Gasteiger partial charge in [0.25, 0.3) is 0 Å². The fraction of sp³-hybridized carbons (Fsp3) is 0.400. The van der Waals surface area contributed by atoms with Crippen molar-refractivity contribution < 1.29 is 8.78 Å². The Balaban J connectivity index is 3.31. The van der Waals surface area contributed by atoms with Crippen LogP contribution < -0.4 is 0 Å². The quantitative estimate of drug-likeness (QED) is 0.561. The van der Waals surface area contributed by atoms with Gasteiger partial charge in [-0.15, -0.1) is 0 Å². The van der Waals surface area contributed by atoms with Gasteiger partial charge in [-0.1, -0.05) is 47.4 Å². The van der Waals surface area contributed by atoms with Gasteiger partial charge in [-0.3, -0.25) is 0 Å². The molecule has 0 spiro atoms. The second kappa shape index (κ2) is 4.15. The summed E-state index contributed by atoms with van der Waals surface area (Å²) in [5.74, 6) is -1.39. The topological polar surface area (TPSA) is 0 Å². The van der Waals surface area contributed by atoms with E-state index in [1.165, 1.54) is 12.1 Å². The van der Waals surface area contributed by atoms with Crippen molar-refractivity contribution in [2.45, 2.75) is 19.3 Å². The van der Waals surface area contributed by atoms with Gasteiger partial charge in [-0.25, -0.2) is 8.78 Å². The van der Waals surface area contributed by atoms with Gasteiger partial charge in [0.2, 0.25) is 0 Å². The van der Waals surface area contributed by atoms with E-state index < -0.39 is 22.1 Å². The first-order chi connectivity index (χ1) is 6.40. The van der Waals surface area contributed by atoms with Gasteiger partial charge in [0, 0.05) is 10.7 Å². The fourth-order valence-electron chi connectivity index (χ4n) is 1.12. The van der Waals surface area contributed by atoms with Crippen molar-refractivity contribution in [2.24, 2.45) is 0 Å². The van der Waals surface area contributed by atoms with Crippen molar-refractivity contribution >= 4 is 27.5 Å². The van der Waals surface area contributed by atoms with Crippen LogP contribution in [-0.4, -0.2) is 5.33 Å².